The third-order valence-electron chi connectivity index (χ3n) is 3.83. The first-order valence-corrected chi connectivity index (χ1v) is 8.52. The summed E-state index contributed by atoms with van der Waals surface area (Å²) in [6, 6.07) is 16.6. The summed E-state index contributed by atoms with van der Waals surface area (Å²) < 4.78 is 6.56. The molecule has 0 radical (unpaired) electrons. The molecule has 0 saturated carbocycles. The molecule has 0 bridgehead atoms. The second kappa shape index (κ2) is 6.22. The van der Waals surface area contributed by atoms with Gasteiger partial charge in [0.2, 0.25) is 0 Å². The van der Waals surface area contributed by atoms with E-state index in [0.717, 1.165) is 21.4 Å². The topological polar surface area (TPSA) is 70.9 Å². The first-order chi connectivity index (χ1) is 12.1. The number of aromatic nitrogens is 2. The molecule has 0 aliphatic carbocycles. The molecule has 6 heteroatoms. The van der Waals surface area contributed by atoms with Crippen LogP contribution < -0.4 is 5.32 Å². The second-order valence-corrected chi connectivity index (χ2v) is 6.57. The SMILES string of the molecule is Cc1ccc(-c2nc3c(C(=O)Nc4ccc(Br)cc4)cccc3[nH]2)o1. The van der Waals surface area contributed by atoms with Crippen LogP contribution in [0.25, 0.3) is 22.6 Å². The number of aromatic amines is 1. The molecule has 4 aromatic rings. The van der Waals surface area contributed by atoms with E-state index in [1.807, 2.05) is 55.5 Å². The number of anilines is 1. The highest BCUT2D eigenvalue weighted by atomic mass is 79.9. The van der Waals surface area contributed by atoms with Gasteiger partial charge in [0.1, 0.15) is 11.3 Å². The lowest BCUT2D eigenvalue weighted by molar-refractivity contribution is 0.102. The number of aryl methyl sites for hydroxylation is 1. The van der Waals surface area contributed by atoms with Gasteiger partial charge in [-0.1, -0.05) is 22.0 Å². The number of carbonyl (C=O) groups is 1. The zero-order valence-electron chi connectivity index (χ0n) is 13.3. The molecule has 0 saturated heterocycles. The Morgan fingerprint density at radius 3 is 2.64 bits per heavy atom. The summed E-state index contributed by atoms with van der Waals surface area (Å²) in [6.45, 7) is 1.88. The van der Waals surface area contributed by atoms with Crippen LogP contribution in [0.5, 0.6) is 0 Å². The lowest BCUT2D eigenvalue weighted by atomic mass is 10.1. The van der Waals surface area contributed by atoms with Crippen molar-refractivity contribution in [1.29, 1.82) is 0 Å². The number of para-hydroxylation sites is 1. The highest BCUT2D eigenvalue weighted by Gasteiger charge is 2.16. The van der Waals surface area contributed by atoms with Gasteiger partial charge in [0.05, 0.1) is 11.1 Å². The molecule has 4 rings (SSSR count). The number of amides is 1. The Kier molecular flexibility index (Phi) is 3.89. The Morgan fingerprint density at radius 1 is 1.12 bits per heavy atom. The zero-order chi connectivity index (χ0) is 17.4. The Bertz CT molecular complexity index is 1060. The number of hydrogen-bond acceptors (Lipinski definition) is 3. The lowest BCUT2D eigenvalue weighted by Gasteiger charge is -2.05. The van der Waals surface area contributed by atoms with Crippen molar-refractivity contribution in [3.05, 3.63) is 70.4 Å². The number of halogens is 1. The van der Waals surface area contributed by atoms with Gasteiger partial charge in [0, 0.05) is 10.2 Å². The third kappa shape index (κ3) is 3.08. The van der Waals surface area contributed by atoms with Crippen LogP contribution in [0.1, 0.15) is 16.1 Å². The Morgan fingerprint density at radius 2 is 1.92 bits per heavy atom. The van der Waals surface area contributed by atoms with Crippen molar-refractivity contribution in [2.75, 3.05) is 5.32 Å². The predicted octanol–water partition coefficient (Wildman–Crippen LogP) is 5.15. The molecule has 2 aromatic heterocycles. The van der Waals surface area contributed by atoms with E-state index in [9.17, 15) is 4.79 Å². The molecule has 2 N–H and O–H groups in total. The van der Waals surface area contributed by atoms with E-state index in [-0.39, 0.29) is 5.91 Å². The summed E-state index contributed by atoms with van der Waals surface area (Å²) in [6.07, 6.45) is 0. The number of benzene rings is 2. The predicted molar refractivity (Wildman–Crippen MR) is 101 cm³/mol. The first-order valence-electron chi connectivity index (χ1n) is 7.72. The minimum absolute atomic E-state index is 0.207. The van der Waals surface area contributed by atoms with Crippen LogP contribution in [0, 0.1) is 6.92 Å². The molecule has 0 atom stereocenters. The molecular weight excluding hydrogens is 382 g/mol. The maximum atomic E-state index is 12.7. The summed E-state index contributed by atoms with van der Waals surface area (Å²) in [5.74, 6) is 1.85. The molecule has 1 amide bonds. The van der Waals surface area contributed by atoms with Crippen LogP contribution >= 0.6 is 15.9 Å². The Balaban J connectivity index is 1.70. The summed E-state index contributed by atoms with van der Waals surface area (Å²) in [7, 11) is 0. The summed E-state index contributed by atoms with van der Waals surface area (Å²) in [4.78, 5) is 20.4. The van der Waals surface area contributed by atoms with Gasteiger partial charge in [-0.2, -0.15) is 0 Å². The van der Waals surface area contributed by atoms with E-state index in [1.54, 1.807) is 6.07 Å². The maximum absolute atomic E-state index is 12.7. The number of imidazole rings is 1. The average molecular weight is 396 g/mol. The van der Waals surface area contributed by atoms with Crippen molar-refractivity contribution < 1.29 is 9.21 Å². The lowest BCUT2D eigenvalue weighted by Crippen LogP contribution is -2.12. The average Bonchev–Trinajstić information content (AvgIpc) is 3.22. The van der Waals surface area contributed by atoms with Crippen LogP contribution in [0.3, 0.4) is 0 Å². The Hall–Kier alpha value is -2.86. The molecule has 0 unspecified atom stereocenters. The van der Waals surface area contributed by atoms with Crippen LogP contribution in [-0.4, -0.2) is 15.9 Å². The van der Waals surface area contributed by atoms with Crippen molar-refractivity contribution >= 4 is 38.6 Å². The van der Waals surface area contributed by atoms with Gasteiger partial charge in [-0.05, 0) is 55.5 Å². The van der Waals surface area contributed by atoms with Crippen LogP contribution in [0.4, 0.5) is 5.69 Å². The maximum Gasteiger partial charge on any atom is 0.257 e. The molecule has 0 fully saturated rings. The third-order valence-corrected chi connectivity index (χ3v) is 4.36. The molecule has 2 aromatic carbocycles. The van der Waals surface area contributed by atoms with E-state index in [2.05, 4.69) is 31.2 Å². The first kappa shape index (κ1) is 15.7. The normalized spacial score (nSPS) is 11.0. The van der Waals surface area contributed by atoms with E-state index >= 15 is 0 Å². The zero-order valence-corrected chi connectivity index (χ0v) is 14.9. The van der Waals surface area contributed by atoms with Gasteiger partial charge >= 0.3 is 0 Å². The van der Waals surface area contributed by atoms with E-state index in [0.29, 0.717) is 22.7 Å². The number of hydrogen-bond donors (Lipinski definition) is 2. The van der Waals surface area contributed by atoms with Gasteiger partial charge in [-0.25, -0.2) is 4.98 Å². The molecule has 25 heavy (non-hydrogen) atoms. The summed E-state index contributed by atoms with van der Waals surface area (Å²) in [5.41, 5.74) is 2.63. The number of H-pyrrole nitrogens is 1. The van der Waals surface area contributed by atoms with Crippen LogP contribution in [0.2, 0.25) is 0 Å². The van der Waals surface area contributed by atoms with Crippen molar-refractivity contribution in [3.8, 4) is 11.6 Å². The number of furan rings is 1. The van der Waals surface area contributed by atoms with Crippen molar-refractivity contribution in [2.45, 2.75) is 6.92 Å². The van der Waals surface area contributed by atoms with Gasteiger partial charge in [-0.15, -0.1) is 0 Å². The number of carbonyl (C=O) groups excluding carboxylic acids is 1. The van der Waals surface area contributed by atoms with E-state index in [4.69, 9.17) is 4.42 Å². The van der Waals surface area contributed by atoms with E-state index < -0.39 is 0 Å². The molecule has 0 spiro atoms. The van der Waals surface area contributed by atoms with Gasteiger partial charge in [-0.3, -0.25) is 4.79 Å². The molecule has 0 aliphatic rings. The minimum Gasteiger partial charge on any atom is -0.458 e. The largest absolute Gasteiger partial charge is 0.458 e. The van der Waals surface area contributed by atoms with Crippen molar-refractivity contribution in [2.24, 2.45) is 0 Å². The Labute approximate surface area is 152 Å². The van der Waals surface area contributed by atoms with Crippen LogP contribution in [0.15, 0.2) is 63.5 Å². The van der Waals surface area contributed by atoms with Crippen LogP contribution in [-0.2, 0) is 0 Å². The smallest absolute Gasteiger partial charge is 0.257 e. The van der Waals surface area contributed by atoms with Gasteiger partial charge in [0.25, 0.3) is 5.91 Å². The number of rotatable bonds is 3. The molecular formula is C19H14BrN3O2. The highest BCUT2D eigenvalue weighted by Crippen LogP contribution is 2.25. The fourth-order valence-corrected chi connectivity index (χ4v) is 2.89. The molecule has 124 valence electrons. The number of fused-ring (bicyclic) bond motifs is 1. The summed E-state index contributed by atoms with van der Waals surface area (Å²) >= 11 is 3.38. The number of nitrogens with one attached hydrogen (secondary N) is 2. The molecule has 2 heterocycles. The molecule has 0 aliphatic heterocycles. The van der Waals surface area contributed by atoms with Crippen molar-refractivity contribution in [3.63, 3.8) is 0 Å². The monoisotopic (exact) mass is 395 g/mol. The van der Waals surface area contributed by atoms with Gasteiger partial charge < -0.3 is 14.7 Å². The van der Waals surface area contributed by atoms with E-state index in [1.165, 1.54) is 0 Å². The molecule has 5 nitrogen and oxygen atoms in total. The fourth-order valence-electron chi connectivity index (χ4n) is 2.63. The fraction of sp³-hybridized carbons (Fsp3) is 0.0526. The highest BCUT2D eigenvalue weighted by molar-refractivity contribution is 9.10. The number of nitrogens with zero attached hydrogens (tertiary/aromatic N) is 1. The standard InChI is InChI=1S/C19H14BrN3O2/c1-11-5-10-16(25-11)18-22-15-4-2-3-14(17(15)23-18)19(24)21-13-8-6-12(20)7-9-13/h2-10H,1H3,(H,21,24)(H,22,23). The minimum atomic E-state index is -0.207. The second-order valence-electron chi connectivity index (χ2n) is 5.66. The summed E-state index contributed by atoms with van der Waals surface area (Å²) in [5, 5.41) is 2.89. The quantitative estimate of drug-likeness (QED) is 0.503. The van der Waals surface area contributed by atoms with Crippen molar-refractivity contribution in [1.82, 2.24) is 9.97 Å². The van der Waals surface area contributed by atoms with Gasteiger partial charge in [0.15, 0.2) is 11.6 Å².